The van der Waals surface area contributed by atoms with Crippen LogP contribution in [0.1, 0.15) is 65.8 Å². The van der Waals surface area contributed by atoms with E-state index in [4.69, 9.17) is 18.9 Å². The molecule has 0 aromatic heterocycles. The molecule has 230 valence electrons. The zero-order valence-electron chi connectivity index (χ0n) is 26.1. The smallest absolute Gasteiger partial charge is 0.267 e. The number of carbonyl (C=O) groups is 2. The van der Waals surface area contributed by atoms with Crippen molar-refractivity contribution in [3.63, 3.8) is 0 Å². The molecule has 0 heterocycles. The minimum atomic E-state index is -0.203. The summed E-state index contributed by atoms with van der Waals surface area (Å²) in [6.07, 6.45) is 4.72. The first-order chi connectivity index (χ1) is 20.8. The Bertz CT molecular complexity index is 1390. The van der Waals surface area contributed by atoms with Gasteiger partial charge in [0.1, 0.15) is 11.5 Å². The summed E-state index contributed by atoms with van der Waals surface area (Å²) in [6.45, 7) is 5.53. The number of hydrogen-bond donors (Lipinski definition) is 0. The largest absolute Gasteiger partial charge is 0.497 e. The molecule has 3 aromatic rings. The van der Waals surface area contributed by atoms with Gasteiger partial charge in [0.05, 0.1) is 33.0 Å². The van der Waals surface area contributed by atoms with Crippen molar-refractivity contribution in [3.8, 4) is 23.0 Å². The quantitative estimate of drug-likeness (QED) is 0.219. The first-order valence-electron chi connectivity index (χ1n) is 14.8. The van der Waals surface area contributed by atoms with Crippen LogP contribution >= 0.6 is 0 Å². The van der Waals surface area contributed by atoms with E-state index in [1.165, 1.54) is 20.0 Å². The second-order valence-corrected chi connectivity index (χ2v) is 10.5. The van der Waals surface area contributed by atoms with Gasteiger partial charge in [0, 0.05) is 44.0 Å². The van der Waals surface area contributed by atoms with Crippen LogP contribution in [0, 0.1) is 0 Å². The van der Waals surface area contributed by atoms with Crippen LogP contribution in [-0.2, 0) is 6.54 Å². The van der Waals surface area contributed by atoms with Gasteiger partial charge in [0.2, 0.25) is 0 Å². The lowest BCUT2D eigenvalue weighted by atomic mass is 10.1. The molecule has 2 amide bonds. The summed E-state index contributed by atoms with van der Waals surface area (Å²) in [5.74, 6) is 2.16. The lowest BCUT2D eigenvalue weighted by Crippen LogP contribution is -2.43. The number of ether oxygens (including phenoxy) is 4. The molecule has 0 bridgehead atoms. The fourth-order valence-electron chi connectivity index (χ4n) is 5.40. The van der Waals surface area contributed by atoms with Gasteiger partial charge < -0.3 is 23.8 Å². The van der Waals surface area contributed by atoms with E-state index in [0.717, 1.165) is 24.2 Å². The minimum absolute atomic E-state index is 0.143. The van der Waals surface area contributed by atoms with Crippen LogP contribution in [-0.4, -0.2) is 69.4 Å². The molecule has 9 heteroatoms. The van der Waals surface area contributed by atoms with Crippen molar-refractivity contribution in [1.82, 2.24) is 10.0 Å². The van der Waals surface area contributed by atoms with Crippen molar-refractivity contribution in [1.29, 1.82) is 0 Å². The van der Waals surface area contributed by atoms with Gasteiger partial charge in [0.25, 0.3) is 11.8 Å². The lowest BCUT2D eigenvalue weighted by molar-refractivity contribution is 0.00354. The first-order valence-corrected chi connectivity index (χ1v) is 14.8. The Kier molecular flexibility index (Phi) is 10.9. The Balaban J connectivity index is 1.47. The molecule has 1 aliphatic rings. The second-order valence-electron chi connectivity index (χ2n) is 10.5. The van der Waals surface area contributed by atoms with Crippen molar-refractivity contribution in [2.45, 2.75) is 52.2 Å². The highest BCUT2D eigenvalue weighted by Gasteiger charge is 2.23. The second kappa shape index (κ2) is 14.8. The molecule has 0 unspecified atom stereocenters. The summed E-state index contributed by atoms with van der Waals surface area (Å²) in [5, 5.41) is 3.62. The van der Waals surface area contributed by atoms with E-state index in [1.807, 2.05) is 37.1 Å². The number of anilines is 1. The summed E-state index contributed by atoms with van der Waals surface area (Å²) in [7, 11) is 6.52. The van der Waals surface area contributed by atoms with Gasteiger partial charge in [-0.25, -0.2) is 5.01 Å². The van der Waals surface area contributed by atoms with Crippen molar-refractivity contribution in [2.75, 3.05) is 46.4 Å². The molecule has 0 N–H and O–H groups in total. The number of amides is 2. The topological polar surface area (TPSA) is 80.8 Å². The highest BCUT2D eigenvalue weighted by Crippen LogP contribution is 2.33. The molecule has 0 aliphatic heterocycles. The maximum atomic E-state index is 13.5. The number of rotatable bonds is 13. The number of benzene rings is 3. The van der Waals surface area contributed by atoms with Gasteiger partial charge in [-0.15, -0.1) is 0 Å². The van der Waals surface area contributed by atoms with Crippen molar-refractivity contribution >= 4 is 17.5 Å². The van der Waals surface area contributed by atoms with Crippen molar-refractivity contribution < 1.29 is 28.5 Å². The molecule has 0 atom stereocenters. The van der Waals surface area contributed by atoms with E-state index >= 15 is 0 Å². The number of hydrazine groups is 1. The van der Waals surface area contributed by atoms with E-state index in [-0.39, 0.29) is 17.9 Å². The maximum absolute atomic E-state index is 13.5. The van der Waals surface area contributed by atoms with Gasteiger partial charge in [-0.3, -0.25) is 14.6 Å². The molecule has 3 aromatic carbocycles. The van der Waals surface area contributed by atoms with E-state index in [0.29, 0.717) is 53.7 Å². The van der Waals surface area contributed by atoms with Gasteiger partial charge >= 0.3 is 0 Å². The minimum Gasteiger partial charge on any atom is -0.497 e. The van der Waals surface area contributed by atoms with Crippen LogP contribution in [0.15, 0.2) is 60.7 Å². The summed E-state index contributed by atoms with van der Waals surface area (Å²) < 4.78 is 22.5. The Morgan fingerprint density at radius 3 is 2.07 bits per heavy atom. The van der Waals surface area contributed by atoms with E-state index < -0.39 is 0 Å². The van der Waals surface area contributed by atoms with Crippen LogP contribution in [0.25, 0.3) is 0 Å². The van der Waals surface area contributed by atoms with Crippen LogP contribution in [0.4, 0.5) is 5.69 Å². The predicted octanol–water partition coefficient (Wildman–Crippen LogP) is 6.21. The Hall–Kier alpha value is -4.24. The summed E-state index contributed by atoms with van der Waals surface area (Å²) >= 11 is 0. The third-order valence-electron chi connectivity index (χ3n) is 7.90. The third-order valence-corrected chi connectivity index (χ3v) is 7.90. The molecule has 0 spiro atoms. The van der Waals surface area contributed by atoms with Crippen LogP contribution in [0.5, 0.6) is 23.0 Å². The SMILES string of the molecule is CCN(C(=O)c1ccc(OC)cc1OC)c1ccc(C(=O)N(C)N(CC)Cc2ccc(OC)c(OC3CCCC3)c2)cc1. The highest BCUT2D eigenvalue weighted by atomic mass is 16.5. The normalized spacial score (nSPS) is 13.1. The maximum Gasteiger partial charge on any atom is 0.267 e. The Morgan fingerprint density at radius 2 is 1.47 bits per heavy atom. The molecular weight excluding hydrogens is 546 g/mol. The molecule has 9 nitrogen and oxygen atoms in total. The van der Waals surface area contributed by atoms with Crippen LogP contribution in [0.3, 0.4) is 0 Å². The highest BCUT2D eigenvalue weighted by molar-refractivity contribution is 6.08. The molecule has 0 radical (unpaired) electrons. The van der Waals surface area contributed by atoms with Crippen molar-refractivity contribution in [2.24, 2.45) is 0 Å². The molecular formula is C34H43N3O6. The Labute approximate surface area is 254 Å². The van der Waals surface area contributed by atoms with Gasteiger partial charge in [0.15, 0.2) is 11.5 Å². The third kappa shape index (κ3) is 7.40. The number of hydrogen-bond acceptors (Lipinski definition) is 7. The number of carbonyl (C=O) groups excluding carboxylic acids is 2. The molecule has 0 saturated heterocycles. The average molecular weight is 590 g/mol. The fourth-order valence-corrected chi connectivity index (χ4v) is 5.40. The first kappa shape index (κ1) is 31.7. The Morgan fingerprint density at radius 1 is 0.767 bits per heavy atom. The van der Waals surface area contributed by atoms with E-state index in [1.54, 1.807) is 73.6 Å². The summed E-state index contributed by atoms with van der Waals surface area (Å²) in [4.78, 5) is 28.6. The van der Waals surface area contributed by atoms with Crippen LogP contribution < -0.4 is 23.8 Å². The van der Waals surface area contributed by atoms with Crippen LogP contribution in [0.2, 0.25) is 0 Å². The molecule has 1 aliphatic carbocycles. The number of nitrogens with zero attached hydrogens (tertiary/aromatic N) is 3. The van der Waals surface area contributed by atoms with Gasteiger partial charge in [-0.05, 0) is 86.7 Å². The predicted molar refractivity (Wildman–Crippen MR) is 167 cm³/mol. The summed E-state index contributed by atoms with van der Waals surface area (Å²) in [5.41, 5.74) is 2.66. The zero-order valence-corrected chi connectivity index (χ0v) is 26.1. The zero-order chi connectivity index (χ0) is 30.9. The monoisotopic (exact) mass is 589 g/mol. The molecule has 1 fully saturated rings. The standard InChI is InChI=1S/C34H43N3O6/c1-7-36(23-24-13-20-30(41-5)32(21-24)43-27-11-9-10-12-27)35(3)33(38)25-14-16-26(17-15-25)37(8-2)34(39)29-19-18-28(40-4)22-31(29)42-6/h13-22,27H,7-12,23H2,1-6H3. The van der Waals surface area contributed by atoms with Gasteiger partial charge in [-0.2, -0.15) is 0 Å². The molecule has 1 saturated carbocycles. The molecule has 4 rings (SSSR count). The molecule has 43 heavy (non-hydrogen) atoms. The number of methoxy groups -OCH3 is 3. The fraction of sp³-hybridized carbons (Fsp3) is 0.412. The average Bonchev–Trinajstić information content (AvgIpc) is 3.56. The van der Waals surface area contributed by atoms with E-state index in [2.05, 4.69) is 0 Å². The van der Waals surface area contributed by atoms with E-state index in [9.17, 15) is 9.59 Å². The summed E-state index contributed by atoms with van der Waals surface area (Å²) in [6, 6.07) is 18.2. The lowest BCUT2D eigenvalue weighted by Gasteiger charge is -2.31. The van der Waals surface area contributed by atoms with Crippen molar-refractivity contribution in [3.05, 3.63) is 77.4 Å². The van der Waals surface area contributed by atoms with Gasteiger partial charge in [-0.1, -0.05) is 13.0 Å².